The van der Waals surface area contributed by atoms with Gasteiger partial charge in [0.1, 0.15) is 11.3 Å². The first-order valence-corrected chi connectivity index (χ1v) is 8.95. The Morgan fingerprint density at radius 3 is 2.85 bits per heavy atom. The van der Waals surface area contributed by atoms with E-state index in [1.54, 1.807) is 6.20 Å². The number of carbonyl (C=O) groups excluding carboxylic acids is 1. The first kappa shape index (κ1) is 15.4. The molecular formula is C20H20N4O2. The molecule has 26 heavy (non-hydrogen) atoms. The van der Waals surface area contributed by atoms with Crippen molar-refractivity contribution in [2.75, 3.05) is 10.6 Å². The summed E-state index contributed by atoms with van der Waals surface area (Å²) < 4.78 is 5.75. The summed E-state index contributed by atoms with van der Waals surface area (Å²) in [4.78, 5) is 21.1. The molecule has 0 spiro atoms. The van der Waals surface area contributed by atoms with Crippen molar-refractivity contribution in [3.05, 3.63) is 47.7 Å². The van der Waals surface area contributed by atoms with Crippen LogP contribution in [0.5, 0.6) is 0 Å². The molecule has 2 N–H and O–H groups in total. The smallest absolute Gasteiger partial charge is 0.295 e. The quantitative estimate of drug-likeness (QED) is 0.752. The van der Waals surface area contributed by atoms with Crippen molar-refractivity contribution in [1.82, 2.24) is 9.97 Å². The summed E-state index contributed by atoms with van der Waals surface area (Å²) in [5.41, 5.74) is 3.41. The fraction of sp³-hybridized carbons (Fsp3) is 0.350. The lowest BCUT2D eigenvalue weighted by atomic mass is 9.71. The Bertz CT molecular complexity index is 985. The second-order valence-corrected chi connectivity index (χ2v) is 7.70. The van der Waals surface area contributed by atoms with Crippen molar-refractivity contribution in [3.8, 4) is 0 Å². The van der Waals surface area contributed by atoms with Gasteiger partial charge in [-0.1, -0.05) is 12.1 Å². The number of hydrogen-bond acceptors (Lipinski definition) is 5. The minimum Gasteiger partial charge on any atom is -0.424 e. The summed E-state index contributed by atoms with van der Waals surface area (Å²) >= 11 is 0. The van der Waals surface area contributed by atoms with Crippen LogP contribution in [0, 0.1) is 0 Å². The number of oxazole rings is 1. The van der Waals surface area contributed by atoms with Crippen LogP contribution in [-0.4, -0.2) is 21.9 Å². The SMILES string of the molecule is CC1(C)C(=O)Nc2nccc(C3CC(Nc4nc5ccccc5o4)C3)c21. The van der Waals surface area contributed by atoms with Gasteiger partial charge in [0.05, 0.1) is 5.41 Å². The Hall–Kier alpha value is -2.89. The van der Waals surface area contributed by atoms with Crippen LogP contribution in [0.15, 0.2) is 40.9 Å². The second-order valence-electron chi connectivity index (χ2n) is 7.70. The molecule has 6 nitrogen and oxygen atoms in total. The number of rotatable bonds is 3. The molecule has 2 aliphatic rings. The van der Waals surface area contributed by atoms with E-state index >= 15 is 0 Å². The lowest BCUT2D eigenvalue weighted by molar-refractivity contribution is -0.119. The Morgan fingerprint density at radius 1 is 1.23 bits per heavy atom. The molecule has 0 radical (unpaired) electrons. The van der Waals surface area contributed by atoms with Gasteiger partial charge >= 0.3 is 0 Å². The lowest BCUT2D eigenvalue weighted by Gasteiger charge is -2.37. The Morgan fingerprint density at radius 2 is 2.04 bits per heavy atom. The maximum absolute atomic E-state index is 12.2. The standard InChI is InChI=1S/C20H20N4O2/c1-20(2)16-13(7-8-21-17(16)24-18(20)25)11-9-12(10-11)22-19-23-14-5-3-4-6-15(14)26-19/h3-8,11-12H,9-10H2,1-2H3,(H,22,23)(H,21,24,25). The van der Waals surface area contributed by atoms with E-state index in [0.717, 1.165) is 29.5 Å². The number of nitrogens with one attached hydrogen (secondary N) is 2. The van der Waals surface area contributed by atoms with Crippen LogP contribution in [0.1, 0.15) is 43.7 Å². The number of aromatic nitrogens is 2. The normalized spacial score (nSPS) is 23.4. The van der Waals surface area contributed by atoms with Crippen LogP contribution in [0.4, 0.5) is 11.8 Å². The molecule has 132 valence electrons. The van der Waals surface area contributed by atoms with Crippen LogP contribution >= 0.6 is 0 Å². The summed E-state index contributed by atoms with van der Waals surface area (Å²) in [5.74, 6) is 1.15. The molecule has 1 fully saturated rings. The summed E-state index contributed by atoms with van der Waals surface area (Å²) in [6, 6.07) is 10.7. The molecule has 1 aliphatic heterocycles. The number of anilines is 2. The van der Waals surface area contributed by atoms with Crippen LogP contribution in [-0.2, 0) is 10.2 Å². The Balaban J connectivity index is 1.34. The minimum absolute atomic E-state index is 0.0212. The molecule has 0 bridgehead atoms. The van der Waals surface area contributed by atoms with E-state index in [1.165, 1.54) is 5.56 Å². The Kier molecular flexibility index (Phi) is 3.13. The summed E-state index contributed by atoms with van der Waals surface area (Å²) in [7, 11) is 0. The fourth-order valence-electron chi connectivity index (χ4n) is 4.04. The zero-order valence-corrected chi connectivity index (χ0v) is 14.7. The van der Waals surface area contributed by atoms with E-state index in [0.29, 0.717) is 23.8 Å². The number of benzene rings is 1. The van der Waals surface area contributed by atoms with E-state index in [4.69, 9.17) is 4.42 Å². The van der Waals surface area contributed by atoms with E-state index in [2.05, 4.69) is 26.7 Å². The maximum Gasteiger partial charge on any atom is 0.295 e. The van der Waals surface area contributed by atoms with Gasteiger partial charge in [-0.3, -0.25) is 4.79 Å². The summed E-state index contributed by atoms with van der Waals surface area (Å²) in [6.45, 7) is 3.93. The molecule has 2 aromatic heterocycles. The maximum atomic E-state index is 12.2. The highest BCUT2D eigenvalue weighted by molar-refractivity contribution is 6.05. The van der Waals surface area contributed by atoms with Crippen LogP contribution in [0.3, 0.4) is 0 Å². The Labute approximate surface area is 151 Å². The first-order valence-electron chi connectivity index (χ1n) is 8.95. The fourth-order valence-corrected chi connectivity index (χ4v) is 4.04. The van der Waals surface area contributed by atoms with Gasteiger partial charge in [-0.2, -0.15) is 4.98 Å². The predicted octanol–water partition coefficient (Wildman–Crippen LogP) is 3.81. The molecule has 1 amide bonds. The van der Waals surface area contributed by atoms with Crippen molar-refractivity contribution >= 4 is 28.8 Å². The molecule has 1 aliphatic carbocycles. The molecule has 3 heterocycles. The van der Waals surface area contributed by atoms with Gasteiger partial charge in [0.25, 0.3) is 6.01 Å². The molecule has 0 unspecified atom stereocenters. The molecule has 1 saturated carbocycles. The number of fused-ring (bicyclic) bond motifs is 2. The third-order valence-corrected chi connectivity index (χ3v) is 5.61. The molecule has 6 heteroatoms. The summed E-state index contributed by atoms with van der Waals surface area (Å²) in [5, 5.41) is 6.30. The molecule has 0 atom stereocenters. The number of amides is 1. The van der Waals surface area contributed by atoms with Gasteiger partial charge in [0.15, 0.2) is 5.58 Å². The number of carbonyl (C=O) groups is 1. The number of hydrogen-bond donors (Lipinski definition) is 2. The van der Waals surface area contributed by atoms with E-state index in [1.807, 2.05) is 38.1 Å². The summed E-state index contributed by atoms with van der Waals surface area (Å²) in [6.07, 6.45) is 3.76. The molecule has 0 saturated heterocycles. The van der Waals surface area contributed by atoms with Crippen LogP contribution in [0.2, 0.25) is 0 Å². The van der Waals surface area contributed by atoms with Crippen molar-refractivity contribution in [2.24, 2.45) is 0 Å². The highest BCUT2D eigenvalue weighted by Gasteiger charge is 2.44. The average molecular weight is 348 g/mol. The topological polar surface area (TPSA) is 80.0 Å². The van der Waals surface area contributed by atoms with Crippen molar-refractivity contribution in [2.45, 2.75) is 44.1 Å². The van der Waals surface area contributed by atoms with Crippen LogP contribution in [0.25, 0.3) is 11.1 Å². The van der Waals surface area contributed by atoms with Gasteiger partial charge < -0.3 is 15.1 Å². The lowest BCUT2D eigenvalue weighted by Crippen LogP contribution is -2.36. The molecule has 5 rings (SSSR count). The number of para-hydroxylation sites is 2. The van der Waals surface area contributed by atoms with E-state index < -0.39 is 5.41 Å². The average Bonchev–Trinajstić information content (AvgIpc) is 3.09. The van der Waals surface area contributed by atoms with Crippen LogP contribution < -0.4 is 10.6 Å². The van der Waals surface area contributed by atoms with Crippen molar-refractivity contribution in [3.63, 3.8) is 0 Å². The number of pyridine rings is 1. The van der Waals surface area contributed by atoms with Gasteiger partial charge in [-0.05, 0) is 56.4 Å². The zero-order chi connectivity index (χ0) is 17.9. The van der Waals surface area contributed by atoms with Gasteiger partial charge in [-0.25, -0.2) is 4.98 Å². The second kappa shape index (κ2) is 5.30. The largest absolute Gasteiger partial charge is 0.424 e. The zero-order valence-electron chi connectivity index (χ0n) is 14.7. The predicted molar refractivity (Wildman–Crippen MR) is 99.3 cm³/mol. The van der Waals surface area contributed by atoms with E-state index in [9.17, 15) is 4.79 Å². The van der Waals surface area contributed by atoms with E-state index in [-0.39, 0.29) is 5.91 Å². The minimum atomic E-state index is -0.530. The van der Waals surface area contributed by atoms with Crippen molar-refractivity contribution in [1.29, 1.82) is 0 Å². The van der Waals surface area contributed by atoms with Gasteiger partial charge in [0, 0.05) is 17.8 Å². The number of nitrogens with zero attached hydrogens (tertiary/aromatic N) is 2. The molecule has 1 aromatic carbocycles. The van der Waals surface area contributed by atoms with Crippen molar-refractivity contribution < 1.29 is 9.21 Å². The van der Waals surface area contributed by atoms with Gasteiger partial charge in [-0.15, -0.1) is 0 Å². The van der Waals surface area contributed by atoms with Gasteiger partial charge in [0.2, 0.25) is 5.91 Å². The first-order chi connectivity index (χ1) is 12.5. The third kappa shape index (κ3) is 2.21. The monoisotopic (exact) mass is 348 g/mol. The highest BCUT2D eigenvalue weighted by atomic mass is 16.4. The highest BCUT2D eigenvalue weighted by Crippen LogP contribution is 2.46. The third-order valence-electron chi connectivity index (χ3n) is 5.61. The molecule has 3 aromatic rings. The molecular weight excluding hydrogens is 328 g/mol.